The van der Waals surface area contributed by atoms with Crippen LogP contribution >= 0.6 is 11.3 Å². The van der Waals surface area contributed by atoms with Crippen LogP contribution in [0.5, 0.6) is 0 Å². The molecule has 3 aromatic rings. The Morgan fingerprint density at radius 1 is 1.18 bits per heavy atom. The topological polar surface area (TPSA) is 69.4 Å². The molecule has 0 spiro atoms. The Bertz CT molecular complexity index is 758. The number of esters is 1. The van der Waals surface area contributed by atoms with E-state index in [9.17, 15) is 9.59 Å². The number of benzene rings is 1. The van der Waals surface area contributed by atoms with Crippen molar-refractivity contribution < 1.29 is 18.7 Å². The molecule has 0 atom stereocenters. The number of aryl methyl sites for hydroxylation is 1. The maximum atomic E-state index is 11.7. The molecule has 0 fully saturated rings. The Morgan fingerprint density at radius 2 is 2.05 bits per heavy atom. The molecule has 6 heteroatoms. The number of para-hydroxylation sites is 1. The van der Waals surface area contributed by atoms with Crippen molar-refractivity contribution in [2.24, 2.45) is 0 Å². The van der Waals surface area contributed by atoms with E-state index in [-0.39, 0.29) is 24.6 Å². The van der Waals surface area contributed by atoms with Crippen molar-refractivity contribution in [1.82, 2.24) is 4.98 Å². The Hall–Kier alpha value is -2.47. The molecular formula is C16H13NO4S. The minimum absolute atomic E-state index is 0.193. The number of ether oxygens (including phenoxy) is 1. The first-order chi connectivity index (χ1) is 10.7. The average Bonchev–Trinajstić information content (AvgIpc) is 3.19. The summed E-state index contributed by atoms with van der Waals surface area (Å²) in [5, 5.41) is 0.885. The second kappa shape index (κ2) is 6.53. The molecule has 0 unspecified atom stereocenters. The first kappa shape index (κ1) is 14.5. The highest BCUT2D eigenvalue weighted by Crippen LogP contribution is 2.22. The lowest BCUT2D eigenvalue weighted by molar-refractivity contribution is -0.142. The van der Waals surface area contributed by atoms with E-state index in [1.165, 1.54) is 12.3 Å². The highest BCUT2D eigenvalue weighted by molar-refractivity contribution is 7.18. The van der Waals surface area contributed by atoms with Gasteiger partial charge in [0.2, 0.25) is 5.78 Å². The summed E-state index contributed by atoms with van der Waals surface area (Å²) in [5.74, 6) is -0.573. The van der Waals surface area contributed by atoms with Crippen LogP contribution in [-0.2, 0) is 16.0 Å². The summed E-state index contributed by atoms with van der Waals surface area (Å²) in [6, 6.07) is 11.0. The lowest BCUT2D eigenvalue weighted by Crippen LogP contribution is -2.14. The molecule has 2 aromatic heterocycles. The van der Waals surface area contributed by atoms with Gasteiger partial charge < -0.3 is 9.15 Å². The first-order valence-electron chi connectivity index (χ1n) is 6.79. The molecule has 112 valence electrons. The molecule has 0 saturated heterocycles. The maximum Gasteiger partial charge on any atom is 0.306 e. The van der Waals surface area contributed by atoms with Gasteiger partial charge in [-0.2, -0.15) is 0 Å². The smallest absolute Gasteiger partial charge is 0.306 e. The third-order valence-corrected chi connectivity index (χ3v) is 4.14. The van der Waals surface area contributed by atoms with Gasteiger partial charge in [-0.05, 0) is 24.3 Å². The van der Waals surface area contributed by atoms with E-state index < -0.39 is 5.97 Å². The van der Waals surface area contributed by atoms with E-state index in [4.69, 9.17) is 9.15 Å². The minimum Gasteiger partial charge on any atom is -0.461 e. The van der Waals surface area contributed by atoms with Gasteiger partial charge in [-0.3, -0.25) is 9.59 Å². The number of hydrogen-bond acceptors (Lipinski definition) is 6. The fourth-order valence-corrected chi connectivity index (χ4v) is 2.93. The normalized spacial score (nSPS) is 10.7. The van der Waals surface area contributed by atoms with E-state index >= 15 is 0 Å². The molecule has 5 nitrogen and oxygen atoms in total. The number of thiazole rings is 1. The quantitative estimate of drug-likeness (QED) is 0.516. The second-order valence-electron chi connectivity index (χ2n) is 4.64. The summed E-state index contributed by atoms with van der Waals surface area (Å²) in [7, 11) is 0. The van der Waals surface area contributed by atoms with Crippen LogP contribution in [0.15, 0.2) is 47.1 Å². The predicted octanol–water partition coefficient (Wildman–Crippen LogP) is 3.25. The molecule has 0 radical (unpaired) electrons. The Labute approximate surface area is 130 Å². The highest BCUT2D eigenvalue weighted by Gasteiger charge is 2.13. The van der Waals surface area contributed by atoms with E-state index in [1.807, 2.05) is 24.3 Å². The van der Waals surface area contributed by atoms with Gasteiger partial charge in [0.15, 0.2) is 12.4 Å². The lowest BCUT2D eigenvalue weighted by Gasteiger charge is -2.01. The molecule has 0 amide bonds. The molecule has 1 aromatic carbocycles. The van der Waals surface area contributed by atoms with Crippen molar-refractivity contribution >= 4 is 33.3 Å². The molecule has 0 N–H and O–H groups in total. The van der Waals surface area contributed by atoms with Crippen molar-refractivity contribution in [2.75, 3.05) is 6.61 Å². The van der Waals surface area contributed by atoms with Gasteiger partial charge >= 0.3 is 5.97 Å². The van der Waals surface area contributed by atoms with Crippen LogP contribution in [0.1, 0.15) is 22.0 Å². The van der Waals surface area contributed by atoms with Gasteiger partial charge in [-0.1, -0.05) is 12.1 Å². The summed E-state index contributed by atoms with van der Waals surface area (Å²) < 4.78 is 11.0. The van der Waals surface area contributed by atoms with Crippen LogP contribution in [-0.4, -0.2) is 23.3 Å². The van der Waals surface area contributed by atoms with Crippen LogP contribution in [0.25, 0.3) is 10.2 Å². The molecule has 0 aliphatic heterocycles. The third-order valence-electron chi connectivity index (χ3n) is 3.04. The van der Waals surface area contributed by atoms with Gasteiger partial charge in [-0.15, -0.1) is 11.3 Å². The van der Waals surface area contributed by atoms with Crippen LogP contribution < -0.4 is 0 Å². The fraction of sp³-hybridized carbons (Fsp3) is 0.188. The van der Waals surface area contributed by atoms with Gasteiger partial charge in [0, 0.05) is 6.42 Å². The van der Waals surface area contributed by atoms with E-state index in [0.717, 1.165) is 15.2 Å². The van der Waals surface area contributed by atoms with Crippen LogP contribution in [0.4, 0.5) is 0 Å². The van der Waals surface area contributed by atoms with Crippen LogP contribution in [0.3, 0.4) is 0 Å². The predicted molar refractivity (Wildman–Crippen MR) is 81.9 cm³/mol. The lowest BCUT2D eigenvalue weighted by atomic mass is 10.3. The van der Waals surface area contributed by atoms with Crippen LogP contribution in [0.2, 0.25) is 0 Å². The van der Waals surface area contributed by atoms with Crippen molar-refractivity contribution in [2.45, 2.75) is 12.8 Å². The fourth-order valence-electron chi connectivity index (χ4n) is 1.96. The SMILES string of the molecule is O=C(CCc1nc2ccccc2s1)OCC(=O)c1ccco1. The summed E-state index contributed by atoms with van der Waals surface area (Å²) in [6.45, 7) is -0.299. The van der Waals surface area contributed by atoms with Crippen molar-refractivity contribution in [1.29, 1.82) is 0 Å². The second-order valence-corrected chi connectivity index (χ2v) is 5.75. The minimum atomic E-state index is -0.417. The molecule has 0 saturated carbocycles. The molecule has 0 aliphatic carbocycles. The first-order valence-corrected chi connectivity index (χ1v) is 7.61. The number of nitrogens with zero attached hydrogens (tertiary/aromatic N) is 1. The van der Waals surface area contributed by atoms with Crippen LogP contribution in [0, 0.1) is 0 Å². The molecule has 0 aliphatic rings. The number of fused-ring (bicyclic) bond motifs is 1. The number of furan rings is 1. The zero-order valence-corrected chi connectivity index (χ0v) is 12.5. The van der Waals surface area contributed by atoms with Gasteiger partial charge in [-0.25, -0.2) is 4.98 Å². The summed E-state index contributed by atoms with van der Waals surface area (Å²) in [5.41, 5.74) is 0.934. The molecule has 2 heterocycles. The summed E-state index contributed by atoms with van der Waals surface area (Å²) in [6.07, 6.45) is 2.11. The van der Waals surface area contributed by atoms with Crippen molar-refractivity contribution in [3.05, 3.63) is 53.4 Å². The largest absolute Gasteiger partial charge is 0.461 e. The molecular weight excluding hydrogens is 302 g/mol. The molecule has 3 rings (SSSR count). The Morgan fingerprint density at radius 3 is 2.82 bits per heavy atom. The van der Waals surface area contributed by atoms with E-state index in [0.29, 0.717) is 6.42 Å². The number of carbonyl (C=O) groups is 2. The standard InChI is InChI=1S/C16H13NO4S/c18-12(13-5-3-9-20-13)10-21-16(19)8-7-15-17-11-4-1-2-6-14(11)22-15/h1-6,9H,7-8,10H2. The monoisotopic (exact) mass is 315 g/mol. The molecule has 0 bridgehead atoms. The molecule has 22 heavy (non-hydrogen) atoms. The summed E-state index contributed by atoms with van der Waals surface area (Å²) in [4.78, 5) is 27.7. The Balaban J connectivity index is 1.49. The zero-order chi connectivity index (χ0) is 15.4. The highest BCUT2D eigenvalue weighted by atomic mass is 32.1. The van der Waals surface area contributed by atoms with Gasteiger partial charge in [0.05, 0.1) is 27.9 Å². The van der Waals surface area contributed by atoms with Crippen molar-refractivity contribution in [3.8, 4) is 0 Å². The van der Waals surface area contributed by atoms with E-state index in [1.54, 1.807) is 17.4 Å². The van der Waals surface area contributed by atoms with Gasteiger partial charge in [0.25, 0.3) is 0 Å². The van der Waals surface area contributed by atoms with Gasteiger partial charge in [0.1, 0.15) is 0 Å². The van der Waals surface area contributed by atoms with Crippen molar-refractivity contribution in [3.63, 3.8) is 0 Å². The zero-order valence-electron chi connectivity index (χ0n) is 11.7. The Kier molecular flexibility index (Phi) is 4.29. The number of ketones is 1. The number of rotatable bonds is 6. The van der Waals surface area contributed by atoms with E-state index in [2.05, 4.69) is 4.98 Å². The number of hydrogen-bond donors (Lipinski definition) is 0. The average molecular weight is 315 g/mol. The number of carbonyl (C=O) groups excluding carboxylic acids is 2. The third kappa shape index (κ3) is 3.40. The maximum absolute atomic E-state index is 11.7. The number of aromatic nitrogens is 1. The summed E-state index contributed by atoms with van der Waals surface area (Å²) >= 11 is 1.56. The number of Topliss-reactive ketones (excluding diaryl/α,β-unsaturated/α-hetero) is 1.